The third-order valence-corrected chi connectivity index (χ3v) is 3.56. The molecule has 0 aromatic heterocycles. The van der Waals surface area contributed by atoms with Gasteiger partial charge >= 0.3 is 5.97 Å². The van der Waals surface area contributed by atoms with E-state index in [1.807, 2.05) is 0 Å². The number of benzene rings is 2. The van der Waals surface area contributed by atoms with Crippen LogP contribution < -0.4 is 14.8 Å². The Morgan fingerprint density at radius 3 is 2.37 bits per heavy atom. The summed E-state index contributed by atoms with van der Waals surface area (Å²) in [6.45, 7) is 3.52. The zero-order valence-electron chi connectivity index (χ0n) is 15.0. The largest absolute Gasteiger partial charge is 0.493 e. The first-order valence-electron chi connectivity index (χ1n) is 8.14. The van der Waals surface area contributed by atoms with E-state index in [4.69, 9.17) is 14.2 Å². The van der Waals surface area contributed by atoms with Crippen LogP contribution in [-0.2, 0) is 9.53 Å². The Labute approximate surface area is 155 Å². The molecule has 0 spiro atoms. The first kappa shape index (κ1) is 20.2. The lowest BCUT2D eigenvalue weighted by atomic mass is 10.2. The van der Waals surface area contributed by atoms with Crippen molar-refractivity contribution in [1.82, 2.24) is 0 Å². The maximum atomic E-state index is 13.6. The number of ether oxygens (including phenoxy) is 3. The number of hydrogen-bond acceptors (Lipinski definition) is 5. The second-order valence-corrected chi connectivity index (χ2v) is 5.43. The molecule has 0 radical (unpaired) electrons. The van der Waals surface area contributed by atoms with Gasteiger partial charge in [-0.15, -0.1) is 0 Å². The molecule has 2 rings (SSSR count). The van der Waals surface area contributed by atoms with E-state index in [0.29, 0.717) is 18.1 Å². The number of amides is 1. The van der Waals surface area contributed by atoms with Crippen molar-refractivity contribution >= 4 is 17.6 Å². The second kappa shape index (κ2) is 8.98. The highest BCUT2D eigenvalue weighted by Gasteiger charge is 2.22. The summed E-state index contributed by atoms with van der Waals surface area (Å²) in [5.74, 6) is -2.75. The molecule has 0 saturated heterocycles. The average Bonchev–Trinajstić information content (AvgIpc) is 2.65. The van der Waals surface area contributed by atoms with Crippen LogP contribution in [0.15, 0.2) is 36.4 Å². The summed E-state index contributed by atoms with van der Waals surface area (Å²) in [7, 11) is 1.42. The fourth-order valence-corrected chi connectivity index (χ4v) is 2.19. The zero-order valence-corrected chi connectivity index (χ0v) is 15.0. The van der Waals surface area contributed by atoms with E-state index in [0.717, 1.165) is 12.1 Å². The summed E-state index contributed by atoms with van der Waals surface area (Å²) < 4.78 is 42.8. The Kier molecular flexibility index (Phi) is 6.70. The van der Waals surface area contributed by atoms with Crippen LogP contribution in [0.3, 0.4) is 0 Å². The van der Waals surface area contributed by atoms with Crippen LogP contribution in [0, 0.1) is 11.6 Å². The molecule has 0 aliphatic rings. The quantitative estimate of drug-likeness (QED) is 0.745. The first-order chi connectivity index (χ1) is 12.9. The molecule has 6 nitrogen and oxygen atoms in total. The number of rotatable bonds is 7. The molecule has 0 heterocycles. The van der Waals surface area contributed by atoms with Gasteiger partial charge in [-0.2, -0.15) is 0 Å². The third kappa shape index (κ3) is 4.93. The highest BCUT2D eigenvalue weighted by atomic mass is 19.1. The highest BCUT2D eigenvalue weighted by Crippen LogP contribution is 2.28. The fraction of sp³-hybridized carbons (Fsp3) is 0.263. The minimum atomic E-state index is -1.28. The number of anilines is 1. The van der Waals surface area contributed by atoms with Crippen molar-refractivity contribution in [1.29, 1.82) is 0 Å². The number of carbonyl (C=O) groups is 2. The van der Waals surface area contributed by atoms with E-state index in [-0.39, 0.29) is 5.56 Å². The molecule has 1 N–H and O–H groups in total. The summed E-state index contributed by atoms with van der Waals surface area (Å²) in [4.78, 5) is 24.3. The molecule has 1 atom stereocenters. The van der Waals surface area contributed by atoms with Gasteiger partial charge in [0, 0.05) is 0 Å². The molecule has 0 fully saturated rings. The number of para-hydroxylation sites is 1. The first-order valence-corrected chi connectivity index (χ1v) is 8.14. The van der Waals surface area contributed by atoms with E-state index in [1.165, 1.54) is 32.2 Å². The van der Waals surface area contributed by atoms with Crippen LogP contribution >= 0.6 is 0 Å². The van der Waals surface area contributed by atoms with Crippen molar-refractivity contribution in [2.24, 2.45) is 0 Å². The van der Waals surface area contributed by atoms with Crippen LogP contribution in [-0.4, -0.2) is 31.7 Å². The highest BCUT2D eigenvalue weighted by molar-refractivity contribution is 5.97. The lowest BCUT2D eigenvalue weighted by Crippen LogP contribution is -2.30. The normalized spacial score (nSPS) is 11.4. The Morgan fingerprint density at radius 1 is 1.11 bits per heavy atom. The molecular formula is C19H19F2NO5. The van der Waals surface area contributed by atoms with Gasteiger partial charge < -0.3 is 19.5 Å². The predicted octanol–water partition coefficient (Wildman–Crippen LogP) is 3.56. The molecule has 144 valence electrons. The van der Waals surface area contributed by atoms with E-state index in [9.17, 15) is 18.4 Å². The van der Waals surface area contributed by atoms with Crippen LogP contribution in [0.4, 0.5) is 14.5 Å². The Bertz CT molecular complexity index is 821. The maximum absolute atomic E-state index is 13.6. The maximum Gasteiger partial charge on any atom is 0.339 e. The smallest absolute Gasteiger partial charge is 0.339 e. The van der Waals surface area contributed by atoms with Gasteiger partial charge in [-0.1, -0.05) is 6.07 Å². The number of esters is 1. The minimum absolute atomic E-state index is 0.132. The van der Waals surface area contributed by atoms with Gasteiger partial charge in [0.15, 0.2) is 17.6 Å². The van der Waals surface area contributed by atoms with Gasteiger partial charge in [0.2, 0.25) is 0 Å². The van der Waals surface area contributed by atoms with Gasteiger partial charge in [0.25, 0.3) is 5.91 Å². The molecule has 8 heteroatoms. The van der Waals surface area contributed by atoms with Crippen molar-refractivity contribution in [2.75, 3.05) is 19.0 Å². The van der Waals surface area contributed by atoms with E-state index >= 15 is 0 Å². The summed E-state index contributed by atoms with van der Waals surface area (Å²) >= 11 is 0. The second-order valence-electron chi connectivity index (χ2n) is 5.43. The molecule has 2 aromatic rings. The average molecular weight is 379 g/mol. The topological polar surface area (TPSA) is 73.9 Å². The van der Waals surface area contributed by atoms with Gasteiger partial charge in [-0.05, 0) is 44.2 Å². The summed E-state index contributed by atoms with van der Waals surface area (Å²) in [5, 5.41) is 2.07. The summed E-state index contributed by atoms with van der Waals surface area (Å²) in [6.07, 6.45) is -1.28. The predicted molar refractivity (Wildman–Crippen MR) is 94.0 cm³/mol. The molecule has 0 aliphatic carbocycles. The van der Waals surface area contributed by atoms with E-state index < -0.39 is 35.3 Å². The van der Waals surface area contributed by atoms with E-state index in [2.05, 4.69) is 5.32 Å². The lowest BCUT2D eigenvalue weighted by Gasteiger charge is -2.15. The van der Waals surface area contributed by atoms with E-state index in [1.54, 1.807) is 13.0 Å². The summed E-state index contributed by atoms with van der Waals surface area (Å²) in [6, 6.07) is 7.58. The van der Waals surface area contributed by atoms with Crippen molar-refractivity contribution in [3.63, 3.8) is 0 Å². The van der Waals surface area contributed by atoms with Crippen LogP contribution in [0.5, 0.6) is 11.5 Å². The Hall–Kier alpha value is -3.16. The summed E-state index contributed by atoms with van der Waals surface area (Å²) in [5.41, 5.74) is -0.472. The zero-order chi connectivity index (χ0) is 20.0. The Morgan fingerprint density at radius 2 is 1.78 bits per heavy atom. The molecule has 27 heavy (non-hydrogen) atoms. The number of hydrogen-bond donors (Lipinski definition) is 1. The Balaban J connectivity index is 2.07. The fourth-order valence-electron chi connectivity index (χ4n) is 2.19. The number of methoxy groups -OCH3 is 1. The molecular weight excluding hydrogens is 360 g/mol. The number of nitrogens with one attached hydrogen (secondary N) is 1. The molecule has 0 bridgehead atoms. The molecule has 1 amide bonds. The number of carbonyl (C=O) groups excluding carboxylic acids is 2. The van der Waals surface area contributed by atoms with Gasteiger partial charge in [0.05, 0.1) is 19.3 Å². The SMILES string of the molecule is CCOc1ccc(C(=O)O[C@@H](C)C(=O)Nc2c(F)cccc2F)cc1OC. The van der Waals surface area contributed by atoms with Crippen LogP contribution in [0.2, 0.25) is 0 Å². The molecule has 2 aromatic carbocycles. The van der Waals surface area contributed by atoms with Gasteiger partial charge in [-0.3, -0.25) is 4.79 Å². The van der Waals surface area contributed by atoms with Gasteiger partial charge in [-0.25, -0.2) is 13.6 Å². The van der Waals surface area contributed by atoms with Crippen molar-refractivity contribution in [3.05, 3.63) is 53.6 Å². The molecule has 0 aliphatic heterocycles. The molecule has 0 saturated carbocycles. The van der Waals surface area contributed by atoms with Crippen LogP contribution in [0.1, 0.15) is 24.2 Å². The van der Waals surface area contributed by atoms with Gasteiger partial charge in [0.1, 0.15) is 17.3 Å². The number of halogens is 2. The third-order valence-electron chi connectivity index (χ3n) is 3.56. The molecule has 0 unspecified atom stereocenters. The minimum Gasteiger partial charge on any atom is -0.493 e. The van der Waals surface area contributed by atoms with Crippen molar-refractivity contribution in [3.8, 4) is 11.5 Å². The van der Waals surface area contributed by atoms with Crippen molar-refractivity contribution < 1.29 is 32.6 Å². The lowest BCUT2D eigenvalue weighted by molar-refractivity contribution is -0.123. The van der Waals surface area contributed by atoms with Crippen molar-refractivity contribution in [2.45, 2.75) is 20.0 Å². The standard InChI is InChI=1S/C19H19F2NO5/c1-4-26-15-9-8-12(10-16(15)25-3)19(24)27-11(2)18(23)22-17-13(20)6-5-7-14(17)21/h5-11H,4H2,1-3H3,(H,22,23)/t11-/m0/s1. The van der Waals surface area contributed by atoms with Crippen LogP contribution in [0.25, 0.3) is 0 Å². The monoisotopic (exact) mass is 379 g/mol.